The number of aryl methyl sites for hydroxylation is 1. The summed E-state index contributed by atoms with van der Waals surface area (Å²) in [5.41, 5.74) is 2.52. The molecule has 2 unspecified atom stereocenters. The van der Waals surface area contributed by atoms with Gasteiger partial charge in [-0.1, -0.05) is 113 Å². The number of carbonyl (C=O) groups is 1. The molecule has 0 fully saturated rings. The highest BCUT2D eigenvalue weighted by atomic mass is 16.6. The lowest BCUT2D eigenvalue weighted by Crippen LogP contribution is -2.44. The van der Waals surface area contributed by atoms with Crippen LogP contribution in [0, 0.1) is 5.92 Å². The van der Waals surface area contributed by atoms with Crippen molar-refractivity contribution in [3.05, 3.63) is 65.7 Å². The number of rotatable bonds is 20. The number of carbonyl (C=O) groups excluding carboxylic acids is 1. The summed E-state index contributed by atoms with van der Waals surface area (Å²) in [7, 11) is 4.32. The lowest BCUT2D eigenvalue weighted by Gasteiger charge is -2.32. The highest BCUT2D eigenvalue weighted by Crippen LogP contribution is 2.22. The molecule has 0 spiro atoms. The van der Waals surface area contributed by atoms with Crippen LogP contribution in [0.15, 0.2) is 54.6 Å². The fourth-order valence-electron chi connectivity index (χ4n) is 5.18. The molecule has 2 atom stereocenters. The van der Waals surface area contributed by atoms with Crippen LogP contribution in [0.5, 0.6) is 5.75 Å². The van der Waals surface area contributed by atoms with E-state index in [0.29, 0.717) is 0 Å². The summed E-state index contributed by atoms with van der Waals surface area (Å²) < 4.78 is 12.6. The van der Waals surface area contributed by atoms with Gasteiger partial charge in [-0.2, -0.15) is 0 Å². The molecule has 0 aliphatic heterocycles. The van der Waals surface area contributed by atoms with Crippen molar-refractivity contribution in [1.29, 1.82) is 0 Å². The van der Waals surface area contributed by atoms with Crippen molar-refractivity contribution in [3.8, 4) is 5.75 Å². The minimum Gasteiger partial charge on any atom is -0.487 e. The van der Waals surface area contributed by atoms with Gasteiger partial charge in [0.1, 0.15) is 30.9 Å². The molecule has 0 N–H and O–H groups in total. The van der Waals surface area contributed by atoms with Crippen molar-refractivity contribution >= 4 is 5.97 Å². The van der Waals surface area contributed by atoms with Gasteiger partial charge in [0.05, 0.1) is 20.6 Å². The molecule has 0 bridgehead atoms. The third kappa shape index (κ3) is 13.5. The number of benzene rings is 2. The highest BCUT2D eigenvalue weighted by molar-refractivity contribution is 5.72. The van der Waals surface area contributed by atoms with Gasteiger partial charge in [-0.05, 0) is 38.3 Å². The monoisotopic (exact) mass is 524 g/mol. The Labute approximate surface area is 233 Å². The molecule has 0 radical (unpaired) electrons. The summed E-state index contributed by atoms with van der Waals surface area (Å²) in [6.45, 7) is 8.08. The summed E-state index contributed by atoms with van der Waals surface area (Å²) >= 11 is 0. The van der Waals surface area contributed by atoms with Crippen molar-refractivity contribution in [3.63, 3.8) is 0 Å². The smallest absolute Gasteiger partial charge is 0.314 e. The molecule has 0 aliphatic carbocycles. The Morgan fingerprint density at radius 2 is 1.37 bits per heavy atom. The molecule has 212 valence electrons. The summed E-state index contributed by atoms with van der Waals surface area (Å²) in [5.74, 6) is 0.587. The standard InChI is InChI=1S/C34H54NO3/c1-6-7-8-9-10-11-12-13-14-18-23-32-24-19-20-25-33(32)38-30(3)28-37-34(36)29(2)26-35(4,5)27-31-21-16-15-17-22-31/h15-17,19-22,24-25,29-30H,6-14,18,23,26-28H2,1-5H3/q+1. The average molecular weight is 525 g/mol. The van der Waals surface area contributed by atoms with Crippen molar-refractivity contribution in [2.75, 3.05) is 27.2 Å². The number of nitrogens with zero attached hydrogens (tertiary/aromatic N) is 1. The van der Waals surface area contributed by atoms with Crippen LogP contribution < -0.4 is 4.74 Å². The quantitative estimate of drug-likeness (QED) is 0.0991. The zero-order valence-electron chi connectivity index (χ0n) is 24.9. The molecule has 0 heterocycles. The van der Waals surface area contributed by atoms with Gasteiger partial charge >= 0.3 is 5.97 Å². The van der Waals surface area contributed by atoms with Gasteiger partial charge in [-0.3, -0.25) is 4.79 Å². The van der Waals surface area contributed by atoms with Gasteiger partial charge in [0.25, 0.3) is 0 Å². The van der Waals surface area contributed by atoms with Gasteiger partial charge in [0.2, 0.25) is 0 Å². The molecule has 0 saturated heterocycles. The van der Waals surface area contributed by atoms with Crippen LogP contribution in [0.25, 0.3) is 0 Å². The molecule has 2 aromatic rings. The Hall–Kier alpha value is -2.33. The van der Waals surface area contributed by atoms with E-state index in [1.165, 1.54) is 75.3 Å². The number of ether oxygens (including phenoxy) is 2. The van der Waals surface area contributed by atoms with E-state index in [1.807, 2.05) is 32.0 Å². The SMILES string of the molecule is CCCCCCCCCCCCc1ccccc1OC(C)COC(=O)C(C)C[N+](C)(C)Cc1ccccc1. The zero-order valence-corrected chi connectivity index (χ0v) is 24.9. The van der Waals surface area contributed by atoms with Crippen molar-refractivity contribution in [1.82, 2.24) is 0 Å². The van der Waals surface area contributed by atoms with Crippen LogP contribution in [0.3, 0.4) is 0 Å². The van der Waals surface area contributed by atoms with Crippen LogP contribution in [0.2, 0.25) is 0 Å². The Balaban J connectivity index is 1.68. The second-order valence-electron chi connectivity index (χ2n) is 11.8. The third-order valence-electron chi connectivity index (χ3n) is 7.18. The molecule has 0 amide bonds. The zero-order chi connectivity index (χ0) is 27.6. The molecular weight excluding hydrogens is 470 g/mol. The number of unbranched alkanes of at least 4 members (excludes halogenated alkanes) is 9. The average Bonchev–Trinajstić information content (AvgIpc) is 2.89. The molecule has 0 aliphatic rings. The van der Waals surface area contributed by atoms with Gasteiger partial charge in [0.15, 0.2) is 0 Å². The lowest BCUT2D eigenvalue weighted by molar-refractivity contribution is -0.905. The van der Waals surface area contributed by atoms with E-state index in [0.717, 1.165) is 29.7 Å². The van der Waals surface area contributed by atoms with E-state index in [9.17, 15) is 4.79 Å². The maximum absolute atomic E-state index is 12.7. The predicted octanol–water partition coefficient (Wildman–Crippen LogP) is 8.37. The first-order valence-electron chi connectivity index (χ1n) is 15.1. The fourth-order valence-corrected chi connectivity index (χ4v) is 5.18. The molecular formula is C34H54NO3+. The van der Waals surface area contributed by atoms with Crippen molar-refractivity contribution in [2.45, 2.75) is 104 Å². The van der Waals surface area contributed by atoms with E-state index in [4.69, 9.17) is 9.47 Å². The summed E-state index contributed by atoms with van der Waals surface area (Å²) in [6, 6.07) is 18.7. The maximum Gasteiger partial charge on any atom is 0.314 e. The third-order valence-corrected chi connectivity index (χ3v) is 7.18. The number of hydrogen-bond donors (Lipinski definition) is 0. The summed E-state index contributed by atoms with van der Waals surface area (Å²) in [6.07, 6.45) is 14.3. The Morgan fingerprint density at radius 1 is 0.789 bits per heavy atom. The molecule has 38 heavy (non-hydrogen) atoms. The molecule has 4 heteroatoms. The van der Waals surface area contributed by atoms with Crippen LogP contribution in [0.1, 0.15) is 96.1 Å². The van der Waals surface area contributed by atoms with E-state index >= 15 is 0 Å². The number of hydrogen-bond acceptors (Lipinski definition) is 3. The first-order chi connectivity index (χ1) is 18.3. The number of esters is 1. The van der Waals surface area contributed by atoms with E-state index < -0.39 is 0 Å². The van der Waals surface area contributed by atoms with Gasteiger partial charge < -0.3 is 14.0 Å². The van der Waals surface area contributed by atoms with Crippen LogP contribution in [0.4, 0.5) is 0 Å². The Bertz CT molecular complexity index is 896. The summed E-state index contributed by atoms with van der Waals surface area (Å²) in [5, 5.41) is 0. The predicted molar refractivity (Wildman–Crippen MR) is 159 cm³/mol. The topological polar surface area (TPSA) is 35.5 Å². The van der Waals surface area contributed by atoms with E-state index in [1.54, 1.807) is 0 Å². The highest BCUT2D eigenvalue weighted by Gasteiger charge is 2.26. The van der Waals surface area contributed by atoms with Crippen molar-refractivity contribution in [2.24, 2.45) is 5.92 Å². The second kappa shape index (κ2) is 18.0. The largest absolute Gasteiger partial charge is 0.487 e. The fraction of sp³-hybridized carbons (Fsp3) is 0.618. The molecule has 4 nitrogen and oxygen atoms in total. The van der Waals surface area contributed by atoms with E-state index in [-0.39, 0.29) is 24.6 Å². The number of para-hydroxylation sites is 1. The maximum atomic E-state index is 12.7. The van der Waals surface area contributed by atoms with Gasteiger partial charge in [0, 0.05) is 5.56 Å². The molecule has 2 rings (SSSR count). The van der Waals surface area contributed by atoms with Gasteiger partial charge in [-0.15, -0.1) is 0 Å². The Kier molecular flexibility index (Phi) is 15.1. The number of quaternary nitrogens is 1. The first kappa shape index (κ1) is 31.9. The minimum absolute atomic E-state index is 0.154. The second-order valence-corrected chi connectivity index (χ2v) is 11.8. The summed E-state index contributed by atoms with van der Waals surface area (Å²) in [4.78, 5) is 12.7. The minimum atomic E-state index is -0.188. The molecule has 2 aromatic carbocycles. The first-order valence-corrected chi connectivity index (χ1v) is 15.1. The van der Waals surface area contributed by atoms with Crippen LogP contribution >= 0.6 is 0 Å². The van der Waals surface area contributed by atoms with Crippen LogP contribution in [-0.2, 0) is 22.5 Å². The lowest BCUT2D eigenvalue weighted by atomic mass is 10.0. The molecule has 0 aromatic heterocycles. The molecule has 0 saturated carbocycles. The van der Waals surface area contributed by atoms with E-state index in [2.05, 4.69) is 57.4 Å². The van der Waals surface area contributed by atoms with Crippen molar-refractivity contribution < 1.29 is 18.8 Å². The van der Waals surface area contributed by atoms with Crippen LogP contribution in [-0.4, -0.2) is 43.8 Å². The normalized spacial score (nSPS) is 13.2. The van der Waals surface area contributed by atoms with Gasteiger partial charge in [-0.25, -0.2) is 0 Å². The Morgan fingerprint density at radius 3 is 2.03 bits per heavy atom.